The maximum atomic E-state index is 10.3. The van der Waals surface area contributed by atoms with Crippen LogP contribution in [0.2, 0.25) is 0 Å². The van der Waals surface area contributed by atoms with Crippen molar-refractivity contribution in [2.75, 3.05) is 18.4 Å². The van der Waals surface area contributed by atoms with Crippen LogP contribution in [0.15, 0.2) is 18.3 Å². The zero-order valence-electron chi connectivity index (χ0n) is 8.03. The fraction of sp³-hybridized carbons (Fsp3) is 0.222. The molecule has 0 atom stereocenters. The average Bonchev–Trinajstić information content (AvgIpc) is 2.24. The smallest absolute Gasteiger partial charge is 0.312 e. The largest absolute Gasteiger partial charge is 0.368 e. The van der Waals surface area contributed by atoms with Crippen molar-refractivity contribution in [3.63, 3.8) is 0 Å². The molecule has 0 aromatic carbocycles. The lowest BCUT2D eigenvalue weighted by Crippen LogP contribution is -2.33. The molecule has 0 aliphatic carbocycles. The molecule has 1 heterocycles. The number of carbonyl (C=O) groups is 1. The van der Waals surface area contributed by atoms with Crippen molar-refractivity contribution >= 4 is 11.8 Å². The van der Waals surface area contributed by atoms with Crippen molar-refractivity contribution in [1.82, 2.24) is 10.3 Å². The van der Waals surface area contributed by atoms with Gasteiger partial charge in [0.15, 0.2) is 0 Å². The van der Waals surface area contributed by atoms with Gasteiger partial charge in [0, 0.05) is 19.3 Å². The minimum atomic E-state index is -0.560. The molecule has 0 fully saturated rings. The fourth-order valence-corrected chi connectivity index (χ4v) is 0.973. The Morgan fingerprint density at radius 2 is 2.40 bits per heavy atom. The van der Waals surface area contributed by atoms with Crippen LogP contribution in [0.3, 0.4) is 0 Å². The van der Waals surface area contributed by atoms with Crippen molar-refractivity contribution in [2.45, 2.75) is 0 Å². The van der Waals surface area contributed by atoms with Gasteiger partial charge in [-0.25, -0.2) is 9.78 Å². The fourth-order valence-electron chi connectivity index (χ4n) is 0.973. The van der Waals surface area contributed by atoms with Crippen LogP contribution in [-0.2, 0) is 0 Å². The SMILES string of the molecule is N#Cc1ccnc(NCCNC(N)=O)c1. The number of nitrogens with two attached hydrogens (primary N) is 1. The average molecular weight is 205 g/mol. The van der Waals surface area contributed by atoms with Crippen molar-refractivity contribution in [2.24, 2.45) is 5.73 Å². The summed E-state index contributed by atoms with van der Waals surface area (Å²) in [4.78, 5) is 14.3. The number of rotatable bonds is 4. The summed E-state index contributed by atoms with van der Waals surface area (Å²) >= 11 is 0. The molecular formula is C9H11N5O. The Kier molecular flexibility index (Phi) is 3.91. The second-order valence-corrected chi connectivity index (χ2v) is 2.76. The van der Waals surface area contributed by atoms with E-state index in [4.69, 9.17) is 11.0 Å². The van der Waals surface area contributed by atoms with Gasteiger partial charge in [0.05, 0.1) is 11.6 Å². The van der Waals surface area contributed by atoms with Gasteiger partial charge < -0.3 is 16.4 Å². The first kappa shape index (κ1) is 10.8. The third kappa shape index (κ3) is 3.95. The number of nitrogens with zero attached hydrogens (tertiary/aromatic N) is 2. The minimum Gasteiger partial charge on any atom is -0.368 e. The van der Waals surface area contributed by atoms with E-state index in [0.717, 1.165) is 0 Å². The zero-order chi connectivity index (χ0) is 11.1. The second kappa shape index (κ2) is 5.44. The summed E-state index contributed by atoms with van der Waals surface area (Å²) in [6.07, 6.45) is 1.54. The van der Waals surface area contributed by atoms with E-state index in [0.29, 0.717) is 24.5 Å². The Morgan fingerprint density at radius 3 is 3.07 bits per heavy atom. The molecule has 0 bridgehead atoms. The highest BCUT2D eigenvalue weighted by Crippen LogP contribution is 2.04. The van der Waals surface area contributed by atoms with E-state index in [9.17, 15) is 4.79 Å². The first-order chi connectivity index (χ1) is 7.22. The van der Waals surface area contributed by atoms with Crippen LogP contribution in [0, 0.1) is 11.3 Å². The van der Waals surface area contributed by atoms with E-state index >= 15 is 0 Å². The molecule has 15 heavy (non-hydrogen) atoms. The minimum absolute atomic E-state index is 0.411. The van der Waals surface area contributed by atoms with Crippen molar-refractivity contribution in [3.05, 3.63) is 23.9 Å². The van der Waals surface area contributed by atoms with Crippen molar-refractivity contribution in [1.29, 1.82) is 5.26 Å². The van der Waals surface area contributed by atoms with Crippen LogP contribution < -0.4 is 16.4 Å². The van der Waals surface area contributed by atoms with Gasteiger partial charge in [0.2, 0.25) is 0 Å². The topological polar surface area (TPSA) is 104 Å². The van der Waals surface area contributed by atoms with E-state index in [1.54, 1.807) is 18.3 Å². The molecular weight excluding hydrogens is 194 g/mol. The number of amides is 2. The van der Waals surface area contributed by atoms with Crippen LogP contribution in [0.4, 0.5) is 10.6 Å². The maximum absolute atomic E-state index is 10.3. The van der Waals surface area contributed by atoms with E-state index in [1.807, 2.05) is 6.07 Å². The van der Waals surface area contributed by atoms with Gasteiger partial charge >= 0.3 is 6.03 Å². The summed E-state index contributed by atoms with van der Waals surface area (Å²) in [5, 5.41) is 14.0. The predicted octanol–water partition coefficient (Wildman–Crippen LogP) is 0.0335. The van der Waals surface area contributed by atoms with Gasteiger partial charge in [-0.1, -0.05) is 0 Å². The molecule has 0 unspecified atom stereocenters. The number of nitrogens with one attached hydrogen (secondary N) is 2. The van der Waals surface area contributed by atoms with E-state index in [-0.39, 0.29) is 0 Å². The van der Waals surface area contributed by atoms with Gasteiger partial charge in [-0.05, 0) is 12.1 Å². The summed E-state index contributed by atoms with van der Waals surface area (Å²) in [6.45, 7) is 0.915. The standard InChI is InChI=1S/C9H11N5O/c10-6-7-1-2-12-8(5-7)13-3-4-14-9(11)15/h1-2,5H,3-4H2,(H,12,13)(H3,11,14,15). The van der Waals surface area contributed by atoms with Gasteiger partial charge in [-0.2, -0.15) is 5.26 Å². The molecule has 0 aliphatic heterocycles. The molecule has 0 spiro atoms. The van der Waals surface area contributed by atoms with Crippen molar-refractivity contribution in [3.8, 4) is 6.07 Å². The third-order valence-corrected chi connectivity index (χ3v) is 1.62. The van der Waals surface area contributed by atoms with Gasteiger partial charge in [-0.3, -0.25) is 0 Å². The molecule has 0 aliphatic rings. The van der Waals surface area contributed by atoms with Gasteiger partial charge in [-0.15, -0.1) is 0 Å². The molecule has 1 aromatic rings. The molecule has 4 N–H and O–H groups in total. The summed E-state index contributed by atoms with van der Waals surface area (Å²) in [7, 11) is 0. The first-order valence-electron chi connectivity index (χ1n) is 4.35. The van der Waals surface area contributed by atoms with Crippen molar-refractivity contribution < 1.29 is 4.79 Å². The summed E-state index contributed by atoms with van der Waals surface area (Å²) in [5.41, 5.74) is 5.42. The number of hydrogen-bond acceptors (Lipinski definition) is 4. The molecule has 2 amide bonds. The highest BCUT2D eigenvalue weighted by Gasteiger charge is 1.95. The van der Waals surface area contributed by atoms with Crippen LogP contribution in [-0.4, -0.2) is 24.1 Å². The quantitative estimate of drug-likeness (QED) is 0.603. The predicted molar refractivity (Wildman–Crippen MR) is 55.0 cm³/mol. The number of anilines is 1. The van der Waals surface area contributed by atoms with E-state index in [2.05, 4.69) is 15.6 Å². The van der Waals surface area contributed by atoms with E-state index < -0.39 is 6.03 Å². The normalized spacial score (nSPS) is 9.00. The summed E-state index contributed by atoms with van der Waals surface area (Å²) < 4.78 is 0. The highest BCUT2D eigenvalue weighted by atomic mass is 16.2. The monoisotopic (exact) mass is 205 g/mol. The lowest BCUT2D eigenvalue weighted by Gasteiger charge is -2.05. The Morgan fingerprint density at radius 1 is 1.60 bits per heavy atom. The summed E-state index contributed by atoms with van der Waals surface area (Å²) in [5.74, 6) is 0.598. The molecule has 1 aromatic heterocycles. The number of carbonyl (C=O) groups excluding carboxylic acids is 1. The molecule has 0 saturated carbocycles. The molecule has 0 saturated heterocycles. The Bertz CT molecular complexity index is 384. The van der Waals surface area contributed by atoms with Crippen LogP contribution in [0.5, 0.6) is 0 Å². The number of primary amides is 1. The van der Waals surface area contributed by atoms with E-state index in [1.165, 1.54) is 0 Å². The summed E-state index contributed by atoms with van der Waals surface area (Å²) in [6, 6.07) is 4.69. The molecule has 6 nitrogen and oxygen atoms in total. The molecule has 78 valence electrons. The number of aromatic nitrogens is 1. The highest BCUT2D eigenvalue weighted by molar-refractivity contribution is 5.71. The third-order valence-electron chi connectivity index (χ3n) is 1.62. The van der Waals surface area contributed by atoms with Gasteiger partial charge in [0.1, 0.15) is 5.82 Å². The molecule has 6 heteroatoms. The maximum Gasteiger partial charge on any atom is 0.312 e. The molecule has 0 radical (unpaired) electrons. The number of nitriles is 1. The van der Waals surface area contributed by atoms with Gasteiger partial charge in [0.25, 0.3) is 0 Å². The lowest BCUT2D eigenvalue weighted by atomic mass is 10.3. The number of hydrogen-bond donors (Lipinski definition) is 3. The number of pyridine rings is 1. The number of urea groups is 1. The second-order valence-electron chi connectivity index (χ2n) is 2.76. The Balaban J connectivity index is 2.38. The Labute approximate surface area is 87.1 Å². The van der Waals surface area contributed by atoms with Crippen LogP contribution in [0.25, 0.3) is 0 Å². The lowest BCUT2D eigenvalue weighted by molar-refractivity contribution is 0.249. The van der Waals surface area contributed by atoms with Crippen LogP contribution >= 0.6 is 0 Å². The zero-order valence-corrected chi connectivity index (χ0v) is 8.03. The van der Waals surface area contributed by atoms with Crippen LogP contribution in [0.1, 0.15) is 5.56 Å². The molecule has 1 rings (SSSR count). The first-order valence-corrected chi connectivity index (χ1v) is 4.35. The Hall–Kier alpha value is -2.29.